The van der Waals surface area contributed by atoms with Crippen molar-refractivity contribution in [3.63, 3.8) is 0 Å². The van der Waals surface area contributed by atoms with Gasteiger partial charge >= 0.3 is 5.69 Å². The fourth-order valence-electron chi connectivity index (χ4n) is 3.40. The largest absolute Gasteiger partial charge is 0.350 e. The van der Waals surface area contributed by atoms with Gasteiger partial charge in [0.15, 0.2) is 5.65 Å². The number of carbonyl (C=O) groups excluding carboxylic acids is 1. The number of rotatable bonds is 6. The molecule has 0 unspecified atom stereocenters. The normalized spacial score (nSPS) is 11.1. The molecule has 0 atom stereocenters. The molecule has 0 aliphatic carbocycles. The van der Waals surface area contributed by atoms with Crippen molar-refractivity contribution in [2.24, 2.45) is 0 Å². The van der Waals surface area contributed by atoms with Crippen molar-refractivity contribution in [1.82, 2.24) is 19.2 Å². The van der Waals surface area contributed by atoms with Crippen LogP contribution in [-0.4, -0.2) is 25.1 Å². The summed E-state index contributed by atoms with van der Waals surface area (Å²) in [6, 6.07) is 13.8. The first kappa shape index (κ1) is 20.9. The quantitative estimate of drug-likeness (QED) is 0.499. The van der Waals surface area contributed by atoms with Crippen LogP contribution in [0.25, 0.3) is 5.65 Å². The molecule has 0 fully saturated rings. The number of hydrogen-bond acceptors (Lipinski definition) is 5. The Morgan fingerprint density at radius 2 is 1.97 bits per heavy atom. The van der Waals surface area contributed by atoms with Crippen molar-refractivity contribution in [3.8, 4) is 0 Å². The molecule has 0 aliphatic heterocycles. The highest BCUT2D eigenvalue weighted by atomic mass is 32.2. The highest BCUT2D eigenvalue weighted by Crippen LogP contribution is 2.31. The van der Waals surface area contributed by atoms with Crippen LogP contribution in [-0.2, 0) is 17.8 Å². The monoisotopic (exact) mass is 433 g/mol. The van der Waals surface area contributed by atoms with Gasteiger partial charge in [-0.3, -0.25) is 4.79 Å². The van der Waals surface area contributed by atoms with Gasteiger partial charge in [0.2, 0.25) is 5.91 Å². The number of amides is 1. The number of anilines is 1. The number of para-hydroxylation sites is 1. The molecule has 0 saturated carbocycles. The molecule has 0 radical (unpaired) electrons. The summed E-state index contributed by atoms with van der Waals surface area (Å²) in [5, 5.41) is 7.90. The first-order valence-corrected chi connectivity index (χ1v) is 10.8. The average molecular weight is 434 g/mol. The summed E-state index contributed by atoms with van der Waals surface area (Å²) < 4.78 is 2.60. The van der Waals surface area contributed by atoms with Crippen LogP contribution in [0.15, 0.2) is 69.6 Å². The van der Waals surface area contributed by atoms with E-state index >= 15 is 0 Å². The topological polar surface area (TPSA) is 81.3 Å². The third kappa shape index (κ3) is 4.39. The Bertz CT molecular complexity index is 1330. The summed E-state index contributed by atoms with van der Waals surface area (Å²) in [4.78, 5) is 30.9. The van der Waals surface area contributed by atoms with Crippen LogP contribution in [0.1, 0.15) is 23.6 Å². The number of hydrogen-bond donors (Lipinski definition) is 1. The van der Waals surface area contributed by atoms with Crippen LogP contribution in [0.2, 0.25) is 0 Å². The van der Waals surface area contributed by atoms with Gasteiger partial charge in [0.05, 0.1) is 0 Å². The molecule has 1 N–H and O–H groups in total. The lowest BCUT2D eigenvalue weighted by Gasteiger charge is -2.09. The fraction of sp³-hybridized carbons (Fsp3) is 0.217. The molecule has 4 aromatic rings. The number of aromatic nitrogens is 4. The second-order valence-corrected chi connectivity index (χ2v) is 8.33. The first-order chi connectivity index (χ1) is 15.0. The van der Waals surface area contributed by atoms with E-state index in [0.29, 0.717) is 10.7 Å². The van der Waals surface area contributed by atoms with Crippen LogP contribution in [0.4, 0.5) is 5.69 Å². The van der Waals surface area contributed by atoms with Gasteiger partial charge in [0.1, 0.15) is 11.6 Å². The number of aryl methyl sites for hydroxylation is 3. The van der Waals surface area contributed by atoms with Crippen LogP contribution < -0.4 is 11.0 Å². The predicted octanol–water partition coefficient (Wildman–Crippen LogP) is 3.86. The molecule has 0 spiro atoms. The Kier molecular flexibility index (Phi) is 5.90. The molecule has 2 aromatic heterocycles. The summed E-state index contributed by atoms with van der Waals surface area (Å²) in [6.45, 7) is 5.94. The molecule has 8 heteroatoms. The summed E-state index contributed by atoms with van der Waals surface area (Å²) in [6.07, 6.45) is 3.94. The minimum absolute atomic E-state index is 0.174. The molecular weight excluding hydrogens is 410 g/mol. The second-order valence-electron chi connectivity index (χ2n) is 7.30. The predicted molar refractivity (Wildman–Crippen MR) is 122 cm³/mol. The SMILES string of the molecule is CCc1ccccc1NC(=O)Cn1nc2c(Sc3ccc(C)cc3C)nccn2c1=O. The Morgan fingerprint density at radius 3 is 2.74 bits per heavy atom. The lowest BCUT2D eigenvalue weighted by Crippen LogP contribution is -2.28. The van der Waals surface area contributed by atoms with E-state index in [-0.39, 0.29) is 18.1 Å². The molecule has 0 aliphatic rings. The van der Waals surface area contributed by atoms with Crippen molar-refractivity contribution in [2.45, 2.75) is 43.7 Å². The van der Waals surface area contributed by atoms with E-state index in [9.17, 15) is 9.59 Å². The molecule has 7 nitrogen and oxygen atoms in total. The third-order valence-electron chi connectivity index (χ3n) is 4.97. The van der Waals surface area contributed by atoms with Gasteiger partial charge in [-0.15, -0.1) is 5.10 Å². The van der Waals surface area contributed by atoms with E-state index in [0.717, 1.165) is 28.1 Å². The van der Waals surface area contributed by atoms with Crippen LogP contribution >= 0.6 is 11.8 Å². The van der Waals surface area contributed by atoms with Crippen molar-refractivity contribution < 1.29 is 4.79 Å². The summed E-state index contributed by atoms with van der Waals surface area (Å²) >= 11 is 1.45. The number of benzene rings is 2. The Morgan fingerprint density at radius 1 is 1.16 bits per heavy atom. The maximum Gasteiger partial charge on any atom is 0.350 e. The van der Waals surface area contributed by atoms with E-state index in [2.05, 4.69) is 21.5 Å². The van der Waals surface area contributed by atoms with Crippen molar-refractivity contribution in [1.29, 1.82) is 0 Å². The summed E-state index contributed by atoms with van der Waals surface area (Å²) in [5.74, 6) is -0.303. The molecule has 2 aromatic carbocycles. The average Bonchev–Trinajstić information content (AvgIpc) is 3.07. The fourth-order valence-corrected chi connectivity index (χ4v) is 4.30. The zero-order valence-corrected chi connectivity index (χ0v) is 18.4. The van der Waals surface area contributed by atoms with Gasteiger partial charge in [-0.05, 0) is 43.5 Å². The zero-order valence-electron chi connectivity index (χ0n) is 17.6. The number of carbonyl (C=O) groups is 1. The Hall–Kier alpha value is -3.39. The molecular formula is C23H23N5O2S. The number of nitrogens with one attached hydrogen (secondary N) is 1. The highest BCUT2D eigenvalue weighted by Gasteiger charge is 2.16. The standard InChI is InChI=1S/C23H23N5O2S/c1-4-17-7-5-6-8-18(17)25-20(29)14-28-23(30)27-12-11-24-22(21(27)26-28)31-19-10-9-15(2)13-16(19)3/h5-13H,4,14H2,1-3H3,(H,25,29). The second kappa shape index (κ2) is 8.77. The van der Waals surface area contributed by atoms with Crippen LogP contribution in [0.5, 0.6) is 0 Å². The lowest BCUT2D eigenvalue weighted by molar-refractivity contribution is -0.117. The smallest absolute Gasteiger partial charge is 0.324 e. The molecule has 31 heavy (non-hydrogen) atoms. The Balaban J connectivity index is 1.61. The number of fused-ring (bicyclic) bond motifs is 1. The molecule has 158 valence electrons. The van der Waals surface area contributed by atoms with Crippen LogP contribution in [0.3, 0.4) is 0 Å². The minimum Gasteiger partial charge on any atom is -0.324 e. The summed E-state index contributed by atoms with van der Waals surface area (Å²) in [7, 11) is 0. The van der Waals surface area contributed by atoms with Gasteiger partial charge in [-0.25, -0.2) is 18.9 Å². The minimum atomic E-state index is -0.376. The van der Waals surface area contributed by atoms with E-state index in [1.165, 1.54) is 26.4 Å². The van der Waals surface area contributed by atoms with Crippen molar-refractivity contribution in [3.05, 3.63) is 82.0 Å². The van der Waals surface area contributed by atoms with Gasteiger partial charge in [0, 0.05) is 23.0 Å². The van der Waals surface area contributed by atoms with Gasteiger partial charge in [0.25, 0.3) is 0 Å². The van der Waals surface area contributed by atoms with Gasteiger partial charge in [-0.2, -0.15) is 0 Å². The van der Waals surface area contributed by atoms with E-state index in [4.69, 9.17) is 0 Å². The molecule has 2 heterocycles. The number of nitrogens with zero attached hydrogens (tertiary/aromatic N) is 4. The molecule has 1 amide bonds. The zero-order chi connectivity index (χ0) is 22.0. The maximum atomic E-state index is 12.8. The first-order valence-electron chi connectivity index (χ1n) is 10.0. The maximum absolute atomic E-state index is 12.8. The van der Waals surface area contributed by atoms with Crippen molar-refractivity contribution >= 4 is 29.0 Å². The Labute approximate surface area is 184 Å². The summed E-state index contributed by atoms with van der Waals surface area (Å²) in [5.41, 5.74) is 4.15. The van der Waals surface area contributed by atoms with Gasteiger partial charge in [-0.1, -0.05) is 54.6 Å². The van der Waals surface area contributed by atoms with Crippen LogP contribution in [0, 0.1) is 13.8 Å². The van der Waals surface area contributed by atoms with E-state index < -0.39 is 0 Å². The van der Waals surface area contributed by atoms with E-state index in [1.54, 1.807) is 12.4 Å². The van der Waals surface area contributed by atoms with Crippen molar-refractivity contribution in [2.75, 3.05) is 5.32 Å². The molecule has 0 bridgehead atoms. The van der Waals surface area contributed by atoms with Gasteiger partial charge < -0.3 is 5.32 Å². The molecule has 4 rings (SSSR count). The lowest BCUT2D eigenvalue weighted by atomic mass is 10.1. The van der Waals surface area contributed by atoms with E-state index in [1.807, 2.05) is 57.2 Å². The third-order valence-corrected chi connectivity index (χ3v) is 6.13. The highest BCUT2D eigenvalue weighted by molar-refractivity contribution is 7.99. The molecule has 0 saturated heterocycles.